The molecular weight excluding hydrogens is 376 g/mol. The monoisotopic (exact) mass is 408 g/mol. The van der Waals surface area contributed by atoms with E-state index < -0.39 is 0 Å². The lowest BCUT2D eigenvalue weighted by Gasteiger charge is -2.34. The highest BCUT2D eigenvalue weighted by Gasteiger charge is 2.33. The third-order valence-electron chi connectivity index (χ3n) is 6.27. The van der Waals surface area contributed by atoms with Crippen molar-refractivity contribution in [2.45, 2.75) is 38.9 Å². The number of benzene rings is 2. The van der Waals surface area contributed by atoms with Gasteiger partial charge in [-0.3, -0.25) is 0 Å². The standard InChI is InChI=1S/C25H30N2O3/c1-3-19-9-10-22-21(16-24(28)30-23(22)15-19)17-26-18(2)25(20-7-5-4-6-8-20)27-11-13-29-14-12-27/h4-10,15-16,18,25-26H,3,11-14,17H2,1-2H3/p+2/t18-,25+/m1/s1. The first-order valence-electron chi connectivity index (χ1n) is 11.0. The predicted octanol–water partition coefficient (Wildman–Crippen LogP) is 1.46. The number of nitrogens with two attached hydrogens (primary N) is 1. The smallest absolute Gasteiger partial charge is 0.336 e. The molecule has 5 heteroatoms. The van der Waals surface area contributed by atoms with Crippen LogP contribution >= 0.6 is 0 Å². The quantitative estimate of drug-likeness (QED) is 0.582. The second-order valence-corrected chi connectivity index (χ2v) is 8.23. The first-order valence-corrected chi connectivity index (χ1v) is 11.0. The van der Waals surface area contributed by atoms with Crippen LogP contribution in [-0.4, -0.2) is 32.3 Å². The molecule has 2 atom stereocenters. The highest BCUT2D eigenvalue weighted by molar-refractivity contribution is 5.80. The van der Waals surface area contributed by atoms with Crippen molar-refractivity contribution in [3.63, 3.8) is 0 Å². The molecule has 0 amide bonds. The van der Waals surface area contributed by atoms with E-state index in [4.69, 9.17) is 9.15 Å². The normalized spacial score (nSPS) is 17.1. The summed E-state index contributed by atoms with van der Waals surface area (Å²) in [6.45, 7) is 8.83. The summed E-state index contributed by atoms with van der Waals surface area (Å²) in [7, 11) is 0. The molecule has 2 heterocycles. The molecule has 158 valence electrons. The van der Waals surface area contributed by atoms with E-state index in [9.17, 15) is 4.79 Å². The van der Waals surface area contributed by atoms with Crippen LogP contribution in [0.25, 0.3) is 11.0 Å². The van der Waals surface area contributed by atoms with Crippen molar-refractivity contribution in [1.82, 2.24) is 0 Å². The number of quaternary nitrogens is 2. The highest BCUT2D eigenvalue weighted by Crippen LogP contribution is 2.19. The Hall–Kier alpha value is -2.47. The van der Waals surface area contributed by atoms with Crippen LogP contribution in [0.4, 0.5) is 0 Å². The molecule has 30 heavy (non-hydrogen) atoms. The molecule has 5 nitrogen and oxygen atoms in total. The van der Waals surface area contributed by atoms with Crippen molar-refractivity contribution >= 4 is 11.0 Å². The number of nitrogens with one attached hydrogen (secondary N) is 1. The number of aryl methyl sites for hydroxylation is 1. The Labute approximate surface area is 177 Å². The molecule has 1 aromatic heterocycles. The molecule has 0 unspecified atom stereocenters. The van der Waals surface area contributed by atoms with E-state index in [1.165, 1.54) is 11.1 Å². The van der Waals surface area contributed by atoms with Gasteiger partial charge in [0.25, 0.3) is 0 Å². The molecular formula is C25H32N2O3+2. The minimum atomic E-state index is -0.273. The summed E-state index contributed by atoms with van der Waals surface area (Å²) in [6.07, 6.45) is 0.925. The number of fused-ring (bicyclic) bond motifs is 1. The molecule has 3 aromatic rings. The van der Waals surface area contributed by atoms with E-state index in [0.717, 1.165) is 50.2 Å². The molecule has 4 rings (SSSR count). The third kappa shape index (κ3) is 4.64. The van der Waals surface area contributed by atoms with Crippen LogP contribution < -0.4 is 15.8 Å². The number of hydrogen-bond donors (Lipinski definition) is 2. The van der Waals surface area contributed by atoms with E-state index in [1.54, 1.807) is 11.0 Å². The zero-order valence-electron chi connectivity index (χ0n) is 17.9. The molecule has 1 aliphatic heterocycles. The number of morpholine rings is 1. The summed E-state index contributed by atoms with van der Waals surface area (Å²) < 4.78 is 11.1. The Morgan fingerprint density at radius 3 is 2.57 bits per heavy atom. The number of ether oxygens (including phenoxy) is 1. The average molecular weight is 409 g/mol. The van der Waals surface area contributed by atoms with Gasteiger partial charge < -0.3 is 19.4 Å². The maximum absolute atomic E-state index is 12.2. The van der Waals surface area contributed by atoms with Gasteiger partial charge in [-0.1, -0.05) is 49.4 Å². The van der Waals surface area contributed by atoms with Crippen LogP contribution in [0.5, 0.6) is 0 Å². The van der Waals surface area contributed by atoms with Gasteiger partial charge in [-0.2, -0.15) is 0 Å². The highest BCUT2D eigenvalue weighted by atomic mass is 16.5. The summed E-state index contributed by atoms with van der Waals surface area (Å²) in [5.74, 6) is 0. The Kier molecular flexibility index (Phi) is 6.62. The zero-order chi connectivity index (χ0) is 20.9. The maximum atomic E-state index is 12.2. The lowest BCUT2D eigenvalue weighted by atomic mass is 9.97. The maximum Gasteiger partial charge on any atom is 0.336 e. The zero-order valence-corrected chi connectivity index (χ0v) is 17.9. The Morgan fingerprint density at radius 1 is 1.07 bits per heavy atom. The molecule has 1 fully saturated rings. The van der Waals surface area contributed by atoms with Gasteiger partial charge in [0.15, 0.2) is 6.04 Å². The number of rotatable bonds is 7. The van der Waals surface area contributed by atoms with Crippen LogP contribution in [0.2, 0.25) is 0 Å². The fraction of sp³-hybridized carbons (Fsp3) is 0.400. The lowest BCUT2D eigenvalue weighted by molar-refractivity contribution is -0.959. The van der Waals surface area contributed by atoms with Gasteiger partial charge in [0, 0.05) is 22.6 Å². The van der Waals surface area contributed by atoms with E-state index in [0.29, 0.717) is 17.7 Å². The van der Waals surface area contributed by atoms with Gasteiger partial charge in [-0.25, -0.2) is 4.79 Å². The van der Waals surface area contributed by atoms with E-state index >= 15 is 0 Å². The van der Waals surface area contributed by atoms with Crippen molar-refractivity contribution in [1.29, 1.82) is 0 Å². The summed E-state index contributed by atoms with van der Waals surface area (Å²) in [4.78, 5) is 13.7. The number of hydrogen-bond acceptors (Lipinski definition) is 3. The average Bonchev–Trinajstić information content (AvgIpc) is 2.78. The molecule has 0 saturated carbocycles. The van der Waals surface area contributed by atoms with E-state index in [-0.39, 0.29) is 5.63 Å². The van der Waals surface area contributed by atoms with Crippen LogP contribution in [0, 0.1) is 0 Å². The summed E-state index contributed by atoms with van der Waals surface area (Å²) in [5, 5.41) is 3.40. The van der Waals surface area contributed by atoms with Gasteiger partial charge in [-0.05, 0) is 25.0 Å². The second-order valence-electron chi connectivity index (χ2n) is 8.23. The van der Waals surface area contributed by atoms with Crippen LogP contribution in [0.15, 0.2) is 63.8 Å². The summed E-state index contributed by atoms with van der Waals surface area (Å²) in [6, 6.07) is 19.4. The molecule has 1 aliphatic rings. The van der Waals surface area contributed by atoms with Crippen molar-refractivity contribution in [3.05, 3.63) is 81.7 Å². The van der Waals surface area contributed by atoms with Gasteiger partial charge in [-0.15, -0.1) is 0 Å². The third-order valence-corrected chi connectivity index (χ3v) is 6.27. The van der Waals surface area contributed by atoms with Crippen LogP contribution in [-0.2, 0) is 17.7 Å². The molecule has 0 spiro atoms. The summed E-state index contributed by atoms with van der Waals surface area (Å²) >= 11 is 0. The van der Waals surface area contributed by atoms with Gasteiger partial charge in [0.1, 0.15) is 31.3 Å². The van der Waals surface area contributed by atoms with Gasteiger partial charge in [0.2, 0.25) is 0 Å². The minimum Gasteiger partial charge on any atom is -0.423 e. The Balaban J connectivity index is 1.57. The molecule has 2 aromatic carbocycles. The van der Waals surface area contributed by atoms with E-state index in [2.05, 4.69) is 61.6 Å². The molecule has 0 bridgehead atoms. The fourth-order valence-electron chi connectivity index (χ4n) is 4.63. The molecule has 0 radical (unpaired) electrons. The molecule has 1 saturated heterocycles. The lowest BCUT2D eigenvalue weighted by Crippen LogP contribution is -3.17. The van der Waals surface area contributed by atoms with Crippen LogP contribution in [0.3, 0.4) is 0 Å². The van der Waals surface area contributed by atoms with Gasteiger partial charge in [0.05, 0.1) is 13.2 Å². The van der Waals surface area contributed by atoms with Crippen molar-refractivity contribution < 1.29 is 19.4 Å². The van der Waals surface area contributed by atoms with Crippen LogP contribution in [0.1, 0.15) is 36.6 Å². The SMILES string of the molecule is CCc1ccc2c(C[NH2+][C@H](C)[C@@H](c3ccccc3)[NH+]3CCOCC3)cc(=O)oc2c1. The molecule has 3 N–H and O–H groups in total. The van der Waals surface area contributed by atoms with Gasteiger partial charge >= 0.3 is 5.63 Å². The minimum absolute atomic E-state index is 0.273. The Morgan fingerprint density at radius 2 is 1.83 bits per heavy atom. The summed E-state index contributed by atoms with van der Waals surface area (Å²) in [5.41, 5.74) is 4.00. The first kappa shape index (κ1) is 20.8. The fourth-order valence-corrected chi connectivity index (χ4v) is 4.63. The predicted molar refractivity (Wildman–Crippen MR) is 118 cm³/mol. The molecule has 0 aliphatic carbocycles. The van der Waals surface area contributed by atoms with Crippen molar-refractivity contribution in [2.24, 2.45) is 0 Å². The topological polar surface area (TPSA) is 60.5 Å². The van der Waals surface area contributed by atoms with Crippen molar-refractivity contribution in [3.8, 4) is 0 Å². The first-order chi connectivity index (χ1) is 14.7. The largest absolute Gasteiger partial charge is 0.423 e. The van der Waals surface area contributed by atoms with Crippen molar-refractivity contribution in [2.75, 3.05) is 26.3 Å². The second kappa shape index (κ2) is 9.56. The Bertz CT molecular complexity index is 1030. The van der Waals surface area contributed by atoms with E-state index in [1.807, 2.05) is 6.07 Å².